The van der Waals surface area contributed by atoms with E-state index in [9.17, 15) is 9.59 Å². The van der Waals surface area contributed by atoms with E-state index >= 15 is 0 Å². The van der Waals surface area contributed by atoms with Gasteiger partial charge in [0.15, 0.2) is 11.5 Å². The van der Waals surface area contributed by atoms with Gasteiger partial charge in [-0.3, -0.25) is 14.5 Å². The topological polar surface area (TPSA) is 93.6 Å². The monoisotopic (exact) mass is 361 g/mol. The molecule has 134 valence electrons. The van der Waals surface area contributed by atoms with Crippen molar-refractivity contribution in [1.29, 1.82) is 0 Å². The molecule has 0 bridgehead atoms. The van der Waals surface area contributed by atoms with E-state index in [1.807, 2.05) is 13.8 Å². The Labute approximate surface area is 153 Å². The molecular weight excluding hydrogens is 346 g/mol. The molecule has 0 fully saturated rings. The smallest absolute Gasteiger partial charge is 0.262 e. The third-order valence-corrected chi connectivity index (χ3v) is 5.11. The van der Waals surface area contributed by atoms with Crippen LogP contribution in [0.2, 0.25) is 0 Å². The summed E-state index contributed by atoms with van der Waals surface area (Å²) in [7, 11) is 0. The lowest BCUT2D eigenvalue weighted by molar-refractivity contribution is 0.0589. The van der Waals surface area contributed by atoms with E-state index in [4.69, 9.17) is 4.42 Å². The van der Waals surface area contributed by atoms with Crippen LogP contribution in [-0.2, 0) is 0 Å². The first-order chi connectivity index (χ1) is 13.0. The number of amides is 2. The molecule has 27 heavy (non-hydrogen) atoms. The number of imide groups is 1. The Morgan fingerprint density at radius 2 is 1.74 bits per heavy atom. The average molecular weight is 361 g/mol. The van der Waals surface area contributed by atoms with Crippen molar-refractivity contribution in [2.75, 3.05) is 0 Å². The van der Waals surface area contributed by atoms with Crippen molar-refractivity contribution in [1.82, 2.24) is 24.5 Å². The van der Waals surface area contributed by atoms with Gasteiger partial charge in [0.1, 0.15) is 12.1 Å². The molecule has 4 aromatic rings. The zero-order valence-electron chi connectivity index (χ0n) is 14.9. The van der Waals surface area contributed by atoms with Crippen LogP contribution in [0.25, 0.3) is 16.7 Å². The van der Waals surface area contributed by atoms with Gasteiger partial charge in [-0.15, -0.1) is 5.10 Å². The van der Waals surface area contributed by atoms with E-state index in [0.29, 0.717) is 28.3 Å². The van der Waals surface area contributed by atoms with Crippen LogP contribution in [0.5, 0.6) is 0 Å². The number of benzene rings is 1. The molecule has 0 saturated heterocycles. The van der Waals surface area contributed by atoms with Crippen molar-refractivity contribution in [3.8, 4) is 0 Å². The number of aryl methyl sites for hydroxylation is 2. The summed E-state index contributed by atoms with van der Waals surface area (Å²) in [5.74, 6) is 0.474. The van der Waals surface area contributed by atoms with E-state index in [2.05, 4.69) is 15.1 Å². The lowest BCUT2D eigenvalue weighted by atomic mass is 10.1. The summed E-state index contributed by atoms with van der Waals surface area (Å²) in [5, 5.41) is 5.23. The van der Waals surface area contributed by atoms with Crippen LogP contribution in [0.1, 0.15) is 50.8 Å². The molecule has 1 aliphatic heterocycles. The van der Waals surface area contributed by atoms with Gasteiger partial charge in [0.25, 0.3) is 11.8 Å². The Morgan fingerprint density at radius 3 is 2.41 bits per heavy atom. The standard InChI is InChI=1S/C19H15N5O3/c1-9-11(3)27-17-14(9)16-21-15(22-23(16)8-20-17)10(2)24-18(25)12-6-4-5-7-13(12)19(24)26/h4-8,10H,1-3H3. The minimum absolute atomic E-state index is 0.333. The molecule has 0 radical (unpaired) electrons. The molecule has 1 unspecified atom stereocenters. The summed E-state index contributed by atoms with van der Waals surface area (Å²) in [6.07, 6.45) is 1.52. The molecule has 1 aromatic carbocycles. The Bertz CT molecular complexity index is 1230. The van der Waals surface area contributed by atoms with Crippen LogP contribution in [0.15, 0.2) is 35.0 Å². The van der Waals surface area contributed by atoms with Gasteiger partial charge in [0.2, 0.25) is 5.71 Å². The highest BCUT2D eigenvalue weighted by atomic mass is 16.3. The van der Waals surface area contributed by atoms with Crippen molar-refractivity contribution in [2.24, 2.45) is 0 Å². The molecule has 0 aliphatic carbocycles. The number of carbonyl (C=O) groups excluding carboxylic acids is 2. The Kier molecular flexibility index (Phi) is 3.04. The quantitative estimate of drug-likeness (QED) is 0.510. The molecule has 8 nitrogen and oxygen atoms in total. The van der Waals surface area contributed by atoms with Gasteiger partial charge in [0, 0.05) is 5.56 Å². The van der Waals surface area contributed by atoms with Gasteiger partial charge in [-0.05, 0) is 32.9 Å². The Morgan fingerprint density at radius 1 is 1.07 bits per heavy atom. The lowest BCUT2D eigenvalue weighted by Crippen LogP contribution is -2.33. The number of carbonyl (C=O) groups is 2. The number of hydrogen-bond acceptors (Lipinski definition) is 6. The summed E-state index contributed by atoms with van der Waals surface area (Å²) in [6.45, 7) is 5.55. The number of fused-ring (bicyclic) bond motifs is 4. The zero-order chi connectivity index (χ0) is 18.9. The van der Waals surface area contributed by atoms with E-state index < -0.39 is 6.04 Å². The average Bonchev–Trinajstić information content (AvgIpc) is 3.29. The largest absolute Gasteiger partial charge is 0.443 e. The van der Waals surface area contributed by atoms with Crippen molar-refractivity contribution < 1.29 is 14.0 Å². The van der Waals surface area contributed by atoms with Gasteiger partial charge in [-0.1, -0.05) is 12.1 Å². The highest BCUT2D eigenvalue weighted by Crippen LogP contribution is 2.31. The summed E-state index contributed by atoms with van der Waals surface area (Å²) >= 11 is 0. The molecule has 2 amide bonds. The van der Waals surface area contributed by atoms with Crippen LogP contribution in [0.3, 0.4) is 0 Å². The van der Waals surface area contributed by atoms with E-state index in [-0.39, 0.29) is 11.8 Å². The molecule has 1 atom stereocenters. The number of nitrogens with zero attached hydrogens (tertiary/aromatic N) is 5. The second-order valence-corrected chi connectivity index (χ2v) is 6.65. The third kappa shape index (κ3) is 2.00. The minimum Gasteiger partial charge on any atom is -0.443 e. The molecule has 0 N–H and O–H groups in total. The molecule has 0 saturated carbocycles. The third-order valence-electron chi connectivity index (χ3n) is 5.11. The van der Waals surface area contributed by atoms with E-state index in [1.54, 1.807) is 35.7 Å². The van der Waals surface area contributed by atoms with Crippen LogP contribution in [0, 0.1) is 13.8 Å². The Hall–Kier alpha value is -3.55. The predicted molar refractivity (Wildman–Crippen MR) is 95.4 cm³/mol. The van der Waals surface area contributed by atoms with Crippen molar-refractivity contribution >= 4 is 28.6 Å². The number of rotatable bonds is 2. The van der Waals surface area contributed by atoms with E-state index in [1.165, 1.54) is 11.2 Å². The van der Waals surface area contributed by atoms with Gasteiger partial charge in [0.05, 0.1) is 22.6 Å². The van der Waals surface area contributed by atoms with Crippen LogP contribution < -0.4 is 0 Å². The summed E-state index contributed by atoms with van der Waals surface area (Å²) in [5.41, 5.74) is 2.83. The fraction of sp³-hybridized carbons (Fsp3) is 0.211. The molecule has 0 spiro atoms. The fourth-order valence-corrected chi connectivity index (χ4v) is 3.51. The summed E-state index contributed by atoms with van der Waals surface area (Å²) < 4.78 is 7.19. The summed E-state index contributed by atoms with van der Waals surface area (Å²) in [4.78, 5) is 35.5. The maximum atomic E-state index is 12.7. The molecule has 4 heterocycles. The van der Waals surface area contributed by atoms with Crippen molar-refractivity contribution in [3.05, 3.63) is 58.9 Å². The number of furan rings is 1. The second-order valence-electron chi connectivity index (χ2n) is 6.65. The SMILES string of the molecule is Cc1oc2ncn3nc(C(C)N4C(=O)c5ccccc5C4=O)nc3c2c1C. The first-order valence-corrected chi connectivity index (χ1v) is 8.55. The van der Waals surface area contributed by atoms with Gasteiger partial charge >= 0.3 is 0 Å². The molecule has 5 rings (SSSR count). The minimum atomic E-state index is -0.611. The number of hydrogen-bond donors (Lipinski definition) is 0. The fourth-order valence-electron chi connectivity index (χ4n) is 3.51. The first-order valence-electron chi connectivity index (χ1n) is 8.55. The normalized spacial score (nSPS) is 15.1. The lowest BCUT2D eigenvalue weighted by Gasteiger charge is -2.19. The Balaban J connectivity index is 1.63. The number of aromatic nitrogens is 4. The van der Waals surface area contributed by atoms with Crippen molar-refractivity contribution in [2.45, 2.75) is 26.8 Å². The molecular formula is C19H15N5O3. The van der Waals surface area contributed by atoms with Crippen LogP contribution in [-0.4, -0.2) is 36.3 Å². The maximum Gasteiger partial charge on any atom is 0.262 e. The highest BCUT2D eigenvalue weighted by molar-refractivity contribution is 6.21. The van der Waals surface area contributed by atoms with Gasteiger partial charge in [-0.2, -0.15) is 0 Å². The van der Waals surface area contributed by atoms with E-state index in [0.717, 1.165) is 16.7 Å². The molecule has 8 heteroatoms. The molecule has 3 aromatic heterocycles. The maximum absolute atomic E-state index is 12.7. The molecule has 1 aliphatic rings. The van der Waals surface area contributed by atoms with Crippen LogP contribution in [0.4, 0.5) is 0 Å². The van der Waals surface area contributed by atoms with Crippen LogP contribution >= 0.6 is 0 Å². The summed E-state index contributed by atoms with van der Waals surface area (Å²) in [6, 6.07) is 6.19. The van der Waals surface area contributed by atoms with Gasteiger partial charge < -0.3 is 4.42 Å². The predicted octanol–water partition coefficient (Wildman–Crippen LogP) is 2.84. The van der Waals surface area contributed by atoms with Gasteiger partial charge in [-0.25, -0.2) is 14.5 Å². The second kappa shape index (κ2) is 5.23. The first kappa shape index (κ1) is 15.7. The highest BCUT2D eigenvalue weighted by Gasteiger charge is 2.40. The van der Waals surface area contributed by atoms with Crippen molar-refractivity contribution in [3.63, 3.8) is 0 Å². The zero-order valence-corrected chi connectivity index (χ0v) is 14.9.